The van der Waals surface area contributed by atoms with Crippen molar-refractivity contribution >= 4 is 110 Å². The second-order valence-electron chi connectivity index (χ2n) is 16.6. The molecule has 0 nitrogen and oxygen atoms in total. The van der Waals surface area contributed by atoms with E-state index in [9.17, 15) is 0 Å². The lowest BCUT2D eigenvalue weighted by molar-refractivity contribution is 0.556. The third kappa shape index (κ3) is 12.2. The third-order valence-electron chi connectivity index (χ3n) is 12.0. The average molecular weight is 908 g/mol. The highest BCUT2D eigenvalue weighted by Crippen LogP contribution is 2.40. The highest BCUT2D eigenvalue weighted by Gasteiger charge is 2.16. The molecule has 0 aliphatic heterocycles. The van der Waals surface area contributed by atoms with Crippen LogP contribution in [-0.2, 0) is 12.8 Å². The van der Waals surface area contributed by atoms with Gasteiger partial charge in [-0.15, -0.1) is 45.3 Å². The first-order chi connectivity index (χ1) is 29.5. The fourth-order valence-electron chi connectivity index (χ4n) is 8.62. The summed E-state index contributed by atoms with van der Waals surface area (Å²) in [7, 11) is 0. The van der Waals surface area contributed by atoms with Crippen LogP contribution in [0.5, 0.6) is 0 Å². The first-order valence-electron chi connectivity index (χ1n) is 22.9. The van der Waals surface area contributed by atoms with E-state index in [-0.39, 0.29) is 0 Å². The summed E-state index contributed by atoms with van der Waals surface area (Å²) in [4.78, 5) is 2.19. The van der Waals surface area contributed by atoms with Crippen LogP contribution >= 0.6 is 68.5 Å². The molecule has 314 valence electrons. The molecule has 0 saturated carbocycles. The van der Waals surface area contributed by atoms with E-state index in [1.807, 2.05) is 0 Å². The first-order valence-corrected chi connectivity index (χ1v) is 27.1. The van der Waals surface area contributed by atoms with Crippen molar-refractivity contribution in [3.05, 3.63) is 100.0 Å². The molecule has 7 rings (SSSR count). The van der Waals surface area contributed by atoms with Gasteiger partial charge in [-0.05, 0) is 118 Å². The summed E-state index contributed by atoms with van der Waals surface area (Å²) in [5, 5.41) is 11.5. The summed E-state index contributed by atoms with van der Waals surface area (Å²) in [6.07, 6.45) is 28.7. The van der Waals surface area contributed by atoms with E-state index in [1.165, 1.54) is 160 Å². The minimum absolute atomic E-state index is 0.822. The first kappa shape index (κ1) is 45.2. The van der Waals surface area contributed by atoms with Gasteiger partial charge in [0.15, 0.2) is 0 Å². The molecular weight excluding hydrogens is 848 g/mol. The Bertz CT molecular complexity index is 2320. The molecule has 7 aromatic rings. The molecule has 4 heterocycles. The number of benzene rings is 3. The zero-order chi connectivity index (χ0) is 41.5. The van der Waals surface area contributed by atoms with Crippen molar-refractivity contribution in [3.8, 4) is 23.7 Å². The lowest BCUT2D eigenvalue weighted by Crippen LogP contribution is -1.92. The van der Waals surface area contributed by atoms with Gasteiger partial charge in [-0.3, -0.25) is 0 Å². The van der Waals surface area contributed by atoms with Crippen molar-refractivity contribution in [2.45, 2.75) is 155 Å². The summed E-state index contributed by atoms with van der Waals surface area (Å²) >= 11 is 20.2. The third-order valence-corrected chi connectivity index (χ3v) is 16.2. The normalized spacial score (nSPS) is 11.5. The standard InChI is InChI=1S/C54H60Cl2S4/c1-3-5-7-9-11-13-15-17-19-21-23-39-35-53(55)59-49(39)27-25-43-45-33-41-29-31-58-52(41)38-48(45)44(46-34-42-30-32-57-51(42)37-47(43)46)26-28-50-40(36-54(56)60-50)24-22-20-18-16-14-12-10-8-6-4-2/h29-38H,3-24H2,1-2H3. The number of fused-ring (bicyclic) bond motifs is 4. The van der Waals surface area contributed by atoms with Gasteiger partial charge in [-0.25, -0.2) is 0 Å². The molecule has 60 heavy (non-hydrogen) atoms. The van der Waals surface area contributed by atoms with Crippen LogP contribution in [0.15, 0.2) is 59.3 Å². The number of unbranched alkanes of at least 4 members (excludes halogenated alkanes) is 18. The molecule has 0 fully saturated rings. The topological polar surface area (TPSA) is 0 Å². The Labute approximate surface area is 386 Å². The smallest absolute Gasteiger partial charge is 0.0944 e. The highest BCUT2D eigenvalue weighted by atomic mass is 35.5. The minimum atomic E-state index is 0.822. The monoisotopic (exact) mass is 906 g/mol. The maximum absolute atomic E-state index is 6.70. The number of aryl methyl sites for hydroxylation is 2. The molecule has 4 aromatic heterocycles. The molecule has 0 bridgehead atoms. The van der Waals surface area contributed by atoms with Gasteiger partial charge in [0.1, 0.15) is 0 Å². The number of hydrogen-bond donors (Lipinski definition) is 0. The van der Waals surface area contributed by atoms with Gasteiger partial charge < -0.3 is 0 Å². The molecule has 6 heteroatoms. The van der Waals surface area contributed by atoms with Gasteiger partial charge in [0.25, 0.3) is 0 Å². The second kappa shape index (κ2) is 23.6. The van der Waals surface area contributed by atoms with Gasteiger partial charge in [0.2, 0.25) is 0 Å². The van der Waals surface area contributed by atoms with Gasteiger partial charge >= 0.3 is 0 Å². The zero-order valence-corrected chi connectivity index (χ0v) is 40.5. The Kier molecular flexibility index (Phi) is 17.8. The van der Waals surface area contributed by atoms with Crippen molar-refractivity contribution in [2.24, 2.45) is 0 Å². The second-order valence-corrected chi connectivity index (χ2v) is 21.9. The van der Waals surface area contributed by atoms with Gasteiger partial charge in [0, 0.05) is 31.3 Å². The lowest BCUT2D eigenvalue weighted by atomic mass is 9.90. The Morgan fingerprint density at radius 1 is 0.417 bits per heavy atom. The van der Waals surface area contributed by atoms with E-state index >= 15 is 0 Å². The van der Waals surface area contributed by atoms with E-state index in [0.717, 1.165) is 63.9 Å². The van der Waals surface area contributed by atoms with E-state index in [2.05, 4.69) is 96.8 Å². The Balaban J connectivity index is 1.16. The van der Waals surface area contributed by atoms with Crippen molar-refractivity contribution in [1.82, 2.24) is 0 Å². The van der Waals surface area contributed by atoms with Gasteiger partial charge in [-0.2, -0.15) is 0 Å². The predicted molar refractivity (Wildman–Crippen MR) is 274 cm³/mol. The van der Waals surface area contributed by atoms with Crippen LogP contribution in [0, 0.1) is 23.7 Å². The summed E-state index contributed by atoms with van der Waals surface area (Å²) in [6.45, 7) is 4.58. The number of thiophene rings is 4. The zero-order valence-electron chi connectivity index (χ0n) is 35.7. The van der Waals surface area contributed by atoms with Crippen LogP contribution in [0.25, 0.3) is 41.7 Å². The van der Waals surface area contributed by atoms with E-state index in [4.69, 9.17) is 23.2 Å². The molecule has 0 N–H and O–H groups in total. The van der Waals surface area contributed by atoms with Crippen LogP contribution in [-0.4, -0.2) is 0 Å². The van der Waals surface area contributed by atoms with Gasteiger partial charge in [-0.1, -0.05) is 176 Å². The average Bonchev–Trinajstić information content (AvgIpc) is 4.06. The summed E-state index contributed by atoms with van der Waals surface area (Å²) in [6, 6.07) is 18.2. The van der Waals surface area contributed by atoms with Crippen molar-refractivity contribution in [2.75, 3.05) is 0 Å². The van der Waals surface area contributed by atoms with Crippen molar-refractivity contribution in [3.63, 3.8) is 0 Å². The van der Waals surface area contributed by atoms with Crippen molar-refractivity contribution in [1.29, 1.82) is 0 Å². The van der Waals surface area contributed by atoms with Crippen LogP contribution in [0.4, 0.5) is 0 Å². The maximum Gasteiger partial charge on any atom is 0.0944 e. The fraction of sp³-hybridized carbons (Fsp3) is 0.444. The number of halogens is 2. The predicted octanol–water partition coefficient (Wildman–Crippen LogP) is 19.6. The molecule has 0 spiro atoms. The molecule has 0 saturated heterocycles. The molecular formula is C54H60Cl2S4. The molecule has 0 amide bonds. The fourth-order valence-corrected chi connectivity index (χ4v) is 12.6. The molecule has 0 unspecified atom stereocenters. The quantitative estimate of drug-likeness (QED) is 0.0361. The van der Waals surface area contributed by atoms with Crippen LogP contribution < -0.4 is 0 Å². The highest BCUT2D eigenvalue weighted by molar-refractivity contribution is 7.18. The maximum atomic E-state index is 6.70. The van der Waals surface area contributed by atoms with Crippen LogP contribution in [0.3, 0.4) is 0 Å². The SMILES string of the molecule is CCCCCCCCCCCCc1cc(Cl)sc1C#Cc1c2cc3ccsc3cc2c(C#Cc2sc(Cl)cc2CCCCCCCCCCCC)c2cc3ccsc3cc12. The molecule has 3 aromatic carbocycles. The van der Waals surface area contributed by atoms with E-state index < -0.39 is 0 Å². The lowest BCUT2D eigenvalue weighted by Gasteiger charge is -2.12. The molecule has 0 aliphatic carbocycles. The largest absolute Gasteiger partial charge is 0.144 e. The Morgan fingerprint density at radius 3 is 1.15 bits per heavy atom. The Hall–Kier alpha value is -2.80. The van der Waals surface area contributed by atoms with Crippen LogP contribution in [0.2, 0.25) is 8.67 Å². The molecule has 0 aliphatic rings. The minimum Gasteiger partial charge on any atom is -0.144 e. The molecule has 0 radical (unpaired) electrons. The molecule has 0 atom stereocenters. The van der Waals surface area contributed by atoms with E-state index in [0.29, 0.717) is 0 Å². The summed E-state index contributed by atoms with van der Waals surface area (Å²) in [5.41, 5.74) is 4.72. The summed E-state index contributed by atoms with van der Waals surface area (Å²) < 4.78 is 4.18. The number of hydrogen-bond acceptors (Lipinski definition) is 4. The van der Waals surface area contributed by atoms with Crippen LogP contribution in [0.1, 0.15) is 174 Å². The van der Waals surface area contributed by atoms with Crippen molar-refractivity contribution < 1.29 is 0 Å². The van der Waals surface area contributed by atoms with E-state index in [1.54, 1.807) is 45.3 Å². The van der Waals surface area contributed by atoms with Gasteiger partial charge in [0.05, 0.1) is 18.4 Å². The Morgan fingerprint density at radius 2 is 0.767 bits per heavy atom. The number of rotatable bonds is 22. The summed E-state index contributed by atoms with van der Waals surface area (Å²) in [5.74, 6) is 14.9.